The number of benzene rings is 4. The quantitative estimate of drug-likeness (QED) is 0.243. The van der Waals surface area contributed by atoms with Gasteiger partial charge in [0.2, 0.25) is 11.8 Å². The second-order valence-electron chi connectivity index (χ2n) is 11.4. The molecule has 5 heteroatoms. The van der Waals surface area contributed by atoms with Crippen LogP contribution >= 0.6 is 0 Å². The predicted octanol–water partition coefficient (Wildman–Crippen LogP) is 8.18. The summed E-state index contributed by atoms with van der Waals surface area (Å²) in [4.78, 5) is 10.1. The molecule has 5 aromatic rings. The third-order valence-corrected chi connectivity index (χ3v) is 7.74. The van der Waals surface area contributed by atoms with E-state index in [-0.39, 0.29) is 12.1 Å². The molecule has 0 aliphatic carbocycles. The largest absolute Gasteiger partial charge is 0.469 e. The van der Waals surface area contributed by atoms with Crippen molar-refractivity contribution in [3.8, 4) is 0 Å². The predicted molar refractivity (Wildman–Crippen MR) is 155 cm³/mol. The zero-order chi connectivity index (χ0) is 26.8. The van der Waals surface area contributed by atoms with Gasteiger partial charge in [0.15, 0.2) is 0 Å². The Kier molecular flexibility index (Phi) is 5.21. The minimum absolute atomic E-state index is 0.109. The molecule has 1 aromatic heterocycles. The Bertz CT molecular complexity index is 1630. The maximum Gasteiger partial charge on any atom is 0.221 e. The second kappa shape index (κ2) is 8.57. The van der Waals surface area contributed by atoms with Crippen molar-refractivity contribution in [1.29, 1.82) is 0 Å². The number of ether oxygens (including phenoxy) is 2. The highest BCUT2D eigenvalue weighted by atomic mass is 16.5. The number of para-hydroxylation sites is 2. The van der Waals surface area contributed by atoms with Crippen LogP contribution < -0.4 is 0 Å². The van der Waals surface area contributed by atoms with E-state index in [0.29, 0.717) is 11.8 Å². The van der Waals surface area contributed by atoms with Crippen molar-refractivity contribution in [1.82, 2.24) is 0 Å². The Morgan fingerprint density at radius 3 is 1.33 bits per heavy atom. The average molecular weight is 515 g/mol. The zero-order valence-electron chi connectivity index (χ0n) is 22.5. The van der Waals surface area contributed by atoms with Crippen molar-refractivity contribution in [2.24, 2.45) is 9.98 Å². The van der Waals surface area contributed by atoms with Crippen LogP contribution in [0.3, 0.4) is 0 Å². The van der Waals surface area contributed by atoms with Crippen LogP contribution in [-0.4, -0.2) is 23.0 Å². The lowest BCUT2D eigenvalue weighted by Crippen LogP contribution is -2.27. The van der Waals surface area contributed by atoms with Crippen LogP contribution in [0.2, 0.25) is 0 Å². The van der Waals surface area contributed by atoms with Crippen molar-refractivity contribution in [2.45, 2.75) is 51.0 Å². The number of aliphatic imine (C=N–C) groups is 2. The molecule has 5 nitrogen and oxygen atoms in total. The van der Waals surface area contributed by atoms with E-state index < -0.39 is 11.2 Å². The summed E-state index contributed by atoms with van der Waals surface area (Å²) in [5.41, 5.74) is 4.48. The molecule has 0 amide bonds. The van der Waals surface area contributed by atoms with Gasteiger partial charge >= 0.3 is 0 Å². The standard InChI is InChI=1S/C34H30N2O3/c1-33(2)29(21-13-7-5-8-14-21)35-31(38-33)25-19-11-17-23-24-18-12-20-26(28(24)37-27(23)25)32-36-30(34(3,4)39-32)22-15-9-6-10-16-22/h5-20,29-30H,1-4H3/t29-,30-/m1/s1. The molecule has 0 bridgehead atoms. The van der Waals surface area contributed by atoms with Crippen molar-refractivity contribution in [2.75, 3.05) is 0 Å². The van der Waals surface area contributed by atoms with Gasteiger partial charge in [-0.25, -0.2) is 9.98 Å². The molecule has 0 saturated carbocycles. The normalized spacial score (nSPS) is 21.4. The summed E-state index contributed by atoms with van der Waals surface area (Å²) in [6.07, 6.45) is 0. The van der Waals surface area contributed by atoms with Gasteiger partial charge in [-0.05, 0) is 51.0 Å². The summed E-state index contributed by atoms with van der Waals surface area (Å²) in [6.45, 7) is 8.33. The lowest BCUT2D eigenvalue weighted by Gasteiger charge is -2.25. The minimum Gasteiger partial charge on any atom is -0.469 e. The van der Waals surface area contributed by atoms with Gasteiger partial charge in [-0.2, -0.15) is 0 Å². The van der Waals surface area contributed by atoms with Gasteiger partial charge in [-0.1, -0.05) is 84.9 Å². The number of hydrogen-bond donors (Lipinski definition) is 0. The van der Waals surface area contributed by atoms with E-state index in [1.54, 1.807) is 0 Å². The number of hydrogen-bond acceptors (Lipinski definition) is 5. The van der Waals surface area contributed by atoms with Crippen molar-refractivity contribution < 1.29 is 13.9 Å². The first-order valence-corrected chi connectivity index (χ1v) is 13.4. The van der Waals surface area contributed by atoms with E-state index in [2.05, 4.69) is 64.1 Å². The molecule has 0 unspecified atom stereocenters. The van der Waals surface area contributed by atoms with Gasteiger partial charge in [-0.3, -0.25) is 0 Å². The van der Waals surface area contributed by atoms with E-state index >= 15 is 0 Å². The van der Waals surface area contributed by atoms with Gasteiger partial charge in [-0.15, -0.1) is 0 Å². The van der Waals surface area contributed by atoms with E-state index in [0.717, 1.165) is 44.2 Å². The Morgan fingerprint density at radius 2 is 0.923 bits per heavy atom. The van der Waals surface area contributed by atoms with Crippen LogP contribution in [0.5, 0.6) is 0 Å². The molecule has 2 aliphatic rings. The smallest absolute Gasteiger partial charge is 0.221 e. The van der Waals surface area contributed by atoms with Gasteiger partial charge in [0.05, 0.1) is 11.1 Å². The number of nitrogens with zero attached hydrogens (tertiary/aromatic N) is 2. The molecule has 0 spiro atoms. The summed E-state index contributed by atoms with van der Waals surface area (Å²) in [5, 5.41) is 2.02. The maximum atomic E-state index is 6.64. The molecule has 0 N–H and O–H groups in total. The number of furan rings is 1. The molecular formula is C34H30N2O3. The Hall–Kier alpha value is -4.38. The molecule has 0 radical (unpaired) electrons. The van der Waals surface area contributed by atoms with Crippen LogP contribution in [0.25, 0.3) is 21.9 Å². The Balaban J connectivity index is 1.35. The molecule has 7 rings (SSSR count). The van der Waals surface area contributed by atoms with Crippen LogP contribution in [0, 0.1) is 0 Å². The van der Waals surface area contributed by atoms with E-state index in [9.17, 15) is 0 Å². The number of fused-ring (bicyclic) bond motifs is 3. The molecule has 2 aliphatic heterocycles. The Morgan fingerprint density at radius 1 is 0.513 bits per heavy atom. The van der Waals surface area contributed by atoms with Gasteiger partial charge < -0.3 is 13.9 Å². The third-order valence-electron chi connectivity index (χ3n) is 7.74. The van der Waals surface area contributed by atoms with E-state index in [1.165, 1.54) is 0 Å². The average Bonchev–Trinajstić information content (AvgIpc) is 3.59. The van der Waals surface area contributed by atoms with Crippen molar-refractivity contribution >= 4 is 33.7 Å². The molecular weight excluding hydrogens is 484 g/mol. The third kappa shape index (κ3) is 3.84. The lowest BCUT2D eigenvalue weighted by atomic mass is 9.93. The highest BCUT2D eigenvalue weighted by molar-refractivity contribution is 6.17. The Labute approximate surface area is 227 Å². The summed E-state index contributed by atoms with van der Waals surface area (Å²) in [5.74, 6) is 1.19. The molecule has 2 atom stereocenters. The van der Waals surface area contributed by atoms with E-state index in [4.69, 9.17) is 23.9 Å². The molecule has 4 aromatic carbocycles. The monoisotopic (exact) mass is 514 g/mol. The highest BCUT2D eigenvalue weighted by Gasteiger charge is 2.42. The highest BCUT2D eigenvalue weighted by Crippen LogP contribution is 2.43. The lowest BCUT2D eigenvalue weighted by molar-refractivity contribution is 0.0971. The van der Waals surface area contributed by atoms with Crippen LogP contribution in [0.1, 0.15) is 62.0 Å². The SMILES string of the molecule is CC1(C)OC(c2cccc3c2oc2c(C4=N[C@H](c5ccccc5)C(C)(C)O4)cccc23)=N[C@@H]1c1ccccc1. The van der Waals surface area contributed by atoms with Crippen LogP contribution in [0.4, 0.5) is 0 Å². The molecule has 3 heterocycles. The first-order valence-electron chi connectivity index (χ1n) is 13.4. The maximum absolute atomic E-state index is 6.64. The van der Waals surface area contributed by atoms with Crippen LogP contribution in [-0.2, 0) is 9.47 Å². The van der Waals surface area contributed by atoms with Gasteiger partial charge in [0.1, 0.15) is 34.5 Å². The fourth-order valence-corrected chi connectivity index (χ4v) is 5.84. The van der Waals surface area contributed by atoms with Crippen LogP contribution in [0.15, 0.2) is 111 Å². The molecule has 39 heavy (non-hydrogen) atoms. The van der Waals surface area contributed by atoms with Gasteiger partial charge in [0, 0.05) is 10.8 Å². The minimum atomic E-state index is -0.486. The summed E-state index contributed by atoms with van der Waals surface area (Å²) in [7, 11) is 0. The summed E-state index contributed by atoms with van der Waals surface area (Å²) < 4.78 is 19.6. The molecule has 0 saturated heterocycles. The summed E-state index contributed by atoms with van der Waals surface area (Å²) in [6, 6.07) is 32.6. The summed E-state index contributed by atoms with van der Waals surface area (Å²) >= 11 is 0. The van der Waals surface area contributed by atoms with Gasteiger partial charge in [0.25, 0.3) is 0 Å². The zero-order valence-corrected chi connectivity index (χ0v) is 22.5. The fourth-order valence-electron chi connectivity index (χ4n) is 5.84. The first kappa shape index (κ1) is 23.7. The molecule has 0 fully saturated rings. The second-order valence-corrected chi connectivity index (χ2v) is 11.4. The fraction of sp³-hybridized carbons (Fsp3) is 0.235. The topological polar surface area (TPSA) is 56.3 Å². The number of rotatable bonds is 4. The van der Waals surface area contributed by atoms with E-state index in [1.807, 2.05) is 60.7 Å². The van der Waals surface area contributed by atoms with Crippen molar-refractivity contribution in [3.63, 3.8) is 0 Å². The first-order chi connectivity index (χ1) is 18.8. The van der Waals surface area contributed by atoms with Crippen molar-refractivity contribution in [3.05, 3.63) is 119 Å². The molecule has 194 valence electrons.